The summed E-state index contributed by atoms with van der Waals surface area (Å²) >= 11 is 0. The molecule has 6 aromatic rings. The van der Waals surface area contributed by atoms with Crippen LogP contribution in [0.4, 0.5) is 0 Å². The van der Waals surface area contributed by atoms with Gasteiger partial charge in [0.15, 0.2) is 0 Å². The van der Waals surface area contributed by atoms with E-state index in [4.69, 9.17) is 4.42 Å². The van der Waals surface area contributed by atoms with E-state index < -0.39 is 0 Å². The number of benzene rings is 4. The van der Waals surface area contributed by atoms with Crippen molar-refractivity contribution in [3.8, 4) is 39.6 Å². The minimum Gasteiger partial charge on any atom is -0.455 e. The van der Waals surface area contributed by atoms with Crippen molar-refractivity contribution >= 4 is 21.9 Å². The minimum absolute atomic E-state index is 0.114. The van der Waals surface area contributed by atoms with Gasteiger partial charge in [0.1, 0.15) is 17.5 Å². The lowest BCUT2D eigenvalue weighted by Gasteiger charge is -2.21. The third-order valence-electron chi connectivity index (χ3n) is 7.71. The summed E-state index contributed by atoms with van der Waals surface area (Å²) in [6, 6.07) is 31.4. The molecular formula is C37H33N3O. The van der Waals surface area contributed by atoms with Gasteiger partial charge in [-0.1, -0.05) is 102 Å². The quantitative estimate of drug-likeness (QED) is 0.226. The normalized spacial score (nSPS) is 12.1. The fourth-order valence-electron chi connectivity index (χ4n) is 5.52. The van der Waals surface area contributed by atoms with Gasteiger partial charge in [0, 0.05) is 33.0 Å². The molecule has 41 heavy (non-hydrogen) atoms. The van der Waals surface area contributed by atoms with E-state index in [2.05, 4.69) is 112 Å². The summed E-state index contributed by atoms with van der Waals surface area (Å²) in [6.07, 6.45) is 1.63. The Morgan fingerprint density at radius 1 is 0.683 bits per heavy atom. The first-order valence-electron chi connectivity index (χ1n) is 14.0. The number of nitrogens with zero attached hydrogens (tertiary/aromatic N) is 3. The number of hydrogen-bond donors (Lipinski definition) is 0. The molecule has 0 saturated heterocycles. The van der Waals surface area contributed by atoms with E-state index in [0.717, 1.165) is 61.1 Å². The molecule has 202 valence electrons. The van der Waals surface area contributed by atoms with Gasteiger partial charge in [-0.15, -0.1) is 0 Å². The molecule has 0 bridgehead atoms. The first-order valence-corrected chi connectivity index (χ1v) is 14.0. The van der Waals surface area contributed by atoms with Gasteiger partial charge in [0.25, 0.3) is 0 Å². The van der Waals surface area contributed by atoms with E-state index in [1.54, 1.807) is 6.33 Å². The summed E-state index contributed by atoms with van der Waals surface area (Å²) in [5, 5.41) is 12.2. The van der Waals surface area contributed by atoms with E-state index in [-0.39, 0.29) is 10.8 Å². The zero-order valence-corrected chi connectivity index (χ0v) is 24.4. The molecule has 0 unspecified atom stereocenters. The summed E-state index contributed by atoms with van der Waals surface area (Å²) in [5.74, 6) is 0. The van der Waals surface area contributed by atoms with Gasteiger partial charge in [-0.25, -0.2) is 9.97 Å². The third kappa shape index (κ3) is 4.68. The molecular weight excluding hydrogens is 502 g/mol. The predicted molar refractivity (Wildman–Crippen MR) is 168 cm³/mol. The Kier molecular flexibility index (Phi) is 6.27. The molecule has 0 aliphatic rings. The molecule has 4 heteroatoms. The first-order chi connectivity index (χ1) is 19.6. The Bertz CT molecular complexity index is 1950. The second-order valence-electron chi connectivity index (χ2n) is 12.7. The zero-order valence-electron chi connectivity index (χ0n) is 24.4. The molecule has 0 spiro atoms. The smallest absolute Gasteiger partial charge is 0.145 e. The summed E-state index contributed by atoms with van der Waals surface area (Å²) in [7, 11) is 0. The van der Waals surface area contributed by atoms with Crippen molar-refractivity contribution in [1.82, 2.24) is 9.97 Å². The van der Waals surface area contributed by atoms with Crippen molar-refractivity contribution in [2.45, 2.75) is 52.4 Å². The largest absolute Gasteiger partial charge is 0.455 e. The number of fused-ring (bicyclic) bond motifs is 3. The van der Waals surface area contributed by atoms with Gasteiger partial charge >= 0.3 is 0 Å². The number of nitriles is 1. The molecule has 2 aromatic heterocycles. The van der Waals surface area contributed by atoms with E-state index in [1.165, 1.54) is 5.56 Å². The summed E-state index contributed by atoms with van der Waals surface area (Å²) < 4.78 is 6.83. The molecule has 0 saturated carbocycles. The molecule has 0 aliphatic heterocycles. The summed E-state index contributed by atoms with van der Waals surface area (Å²) in [6.45, 7) is 13.1. The number of aromatic nitrogens is 2. The van der Waals surface area contributed by atoms with Crippen LogP contribution in [0.3, 0.4) is 0 Å². The van der Waals surface area contributed by atoms with E-state index in [1.807, 2.05) is 30.3 Å². The van der Waals surface area contributed by atoms with Gasteiger partial charge in [0.2, 0.25) is 0 Å². The van der Waals surface area contributed by atoms with Crippen LogP contribution in [0.25, 0.3) is 55.4 Å². The van der Waals surface area contributed by atoms with Crippen LogP contribution in [-0.2, 0) is 10.8 Å². The van der Waals surface area contributed by atoms with Crippen LogP contribution >= 0.6 is 0 Å². The van der Waals surface area contributed by atoms with Crippen molar-refractivity contribution in [3.05, 3.63) is 108 Å². The molecule has 4 nitrogen and oxygen atoms in total. The van der Waals surface area contributed by atoms with Crippen molar-refractivity contribution in [3.63, 3.8) is 0 Å². The molecule has 2 heterocycles. The van der Waals surface area contributed by atoms with Crippen LogP contribution in [0.1, 0.15) is 58.4 Å². The molecule has 0 radical (unpaired) electrons. The summed E-state index contributed by atoms with van der Waals surface area (Å²) in [4.78, 5) is 9.21. The first kappa shape index (κ1) is 26.5. The van der Waals surface area contributed by atoms with Crippen LogP contribution < -0.4 is 0 Å². The van der Waals surface area contributed by atoms with Crippen LogP contribution in [-0.4, -0.2) is 9.97 Å². The second-order valence-corrected chi connectivity index (χ2v) is 12.7. The molecule has 0 N–H and O–H groups in total. The maximum absolute atomic E-state index is 10.2. The predicted octanol–water partition coefficient (Wildman–Crippen LogP) is 9.84. The highest BCUT2D eigenvalue weighted by molar-refractivity contribution is 6.15. The minimum atomic E-state index is -0.124. The molecule has 4 aromatic carbocycles. The maximum Gasteiger partial charge on any atom is 0.145 e. The van der Waals surface area contributed by atoms with E-state index >= 15 is 0 Å². The third-order valence-corrected chi connectivity index (χ3v) is 7.71. The average Bonchev–Trinajstić information content (AvgIpc) is 3.35. The molecule has 0 amide bonds. The highest BCUT2D eigenvalue weighted by Crippen LogP contribution is 2.45. The number of furan rings is 1. The standard InChI is InChI=1S/C37H33N3O/c1-36(2,3)29-19-18-27(30-20-31(37(4,5)6)40-22-39-30)34-33(29)28-17-16-26(21-38)32(35(28)41-34)25-14-12-24(13-15-25)23-10-8-7-9-11-23/h7-20,22H,1-6H3. The Balaban J connectivity index is 1.64. The lowest BCUT2D eigenvalue weighted by atomic mass is 9.82. The Morgan fingerprint density at radius 3 is 2.02 bits per heavy atom. The molecule has 0 fully saturated rings. The zero-order chi connectivity index (χ0) is 28.9. The highest BCUT2D eigenvalue weighted by Gasteiger charge is 2.26. The number of hydrogen-bond acceptors (Lipinski definition) is 4. The maximum atomic E-state index is 10.2. The highest BCUT2D eigenvalue weighted by atomic mass is 16.3. The molecule has 6 rings (SSSR count). The molecule has 0 atom stereocenters. The van der Waals surface area contributed by atoms with Gasteiger partial charge < -0.3 is 4.42 Å². The van der Waals surface area contributed by atoms with Crippen LogP contribution in [0.15, 0.2) is 95.7 Å². The van der Waals surface area contributed by atoms with Crippen molar-refractivity contribution in [2.75, 3.05) is 0 Å². The van der Waals surface area contributed by atoms with Crippen LogP contribution in [0, 0.1) is 11.3 Å². The van der Waals surface area contributed by atoms with Crippen molar-refractivity contribution in [1.29, 1.82) is 5.26 Å². The van der Waals surface area contributed by atoms with Gasteiger partial charge in [0.05, 0.1) is 17.3 Å². The monoisotopic (exact) mass is 535 g/mol. The second kappa shape index (κ2) is 9.71. The van der Waals surface area contributed by atoms with E-state index in [0.29, 0.717) is 5.56 Å². The van der Waals surface area contributed by atoms with Crippen molar-refractivity contribution < 1.29 is 4.42 Å². The fraction of sp³-hybridized carbons (Fsp3) is 0.216. The Morgan fingerprint density at radius 2 is 1.37 bits per heavy atom. The number of rotatable bonds is 3. The van der Waals surface area contributed by atoms with Crippen molar-refractivity contribution in [2.24, 2.45) is 0 Å². The van der Waals surface area contributed by atoms with Crippen LogP contribution in [0.2, 0.25) is 0 Å². The van der Waals surface area contributed by atoms with Gasteiger partial charge in [-0.05, 0) is 51.9 Å². The lowest BCUT2D eigenvalue weighted by molar-refractivity contribution is 0.567. The summed E-state index contributed by atoms with van der Waals surface area (Å²) in [5.41, 5.74) is 9.78. The Labute approximate surface area is 241 Å². The molecule has 0 aliphatic carbocycles. The van der Waals surface area contributed by atoms with Gasteiger partial charge in [-0.2, -0.15) is 5.26 Å². The lowest BCUT2D eigenvalue weighted by Crippen LogP contribution is -2.14. The fourth-order valence-corrected chi connectivity index (χ4v) is 5.52. The van der Waals surface area contributed by atoms with E-state index in [9.17, 15) is 5.26 Å². The topological polar surface area (TPSA) is 62.7 Å². The Hall–Kier alpha value is -4.75. The SMILES string of the molecule is CC(C)(C)c1cc(-c2ccc(C(C)(C)C)c3c2oc2c(-c4ccc(-c5ccccc5)cc4)c(C#N)ccc23)ncn1. The van der Waals surface area contributed by atoms with Gasteiger partial charge in [-0.3, -0.25) is 0 Å². The average molecular weight is 536 g/mol. The van der Waals surface area contributed by atoms with Crippen LogP contribution in [0.5, 0.6) is 0 Å².